The quantitative estimate of drug-likeness (QED) is 0.837. The number of rotatable bonds is 5. The van der Waals surface area contributed by atoms with Gasteiger partial charge in [0, 0.05) is 30.4 Å². The molecule has 2 rings (SSSR count). The minimum atomic E-state index is 0.688. The van der Waals surface area contributed by atoms with Crippen LogP contribution in [0.5, 0.6) is 0 Å². The van der Waals surface area contributed by atoms with Crippen molar-refractivity contribution in [1.29, 1.82) is 0 Å². The van der Waals surface area contributed by atoms with E-state index in [0.717, 1.165) is 35.6 Å². The van der Waals surface area contributed by atoms with Crippen LogP contribution in [0, 0.1) is 6.92 Å². The number of aryl methyl sites for hydroxylation is 2. The third-order valence-corrected chi connectivity index (χ3v) is 3.06. The molecule has 0 fully saturated rings. The normalized spacial score (nSPS) is 10.6. The zero-order valence-corrected chi connectivity index (χ0v) is 11.6. The van der Waals surface area contributed by atoms with E-state index in [1.54, 1.807) is 0 Å². The number of nitrogens with two attached hydrogens (primary N) is 1. The first-order valence-corrected chi connectivity index (χ1v) is 6.56. The van der Waals surface area contributed by atoms with Gasteiger partial charge in [0.15, 0.2) is 0 Å². The maximum Gasteiger partial charge on any atom is 0.132 e. The van der Waals surface area contributed by atoms with E-state index in [4.69, 9.17) is 5.73 Å². The zero-order valence-electron chi connectivity index (χ0n) is 11.6. The summed E-state index contributed by atoms with van der Waals surface area (Å²) in [6.45, 7) is 8.56. The van der Waals surface area contributed by atoms with E-state index >= 15 is 0 Å². The standard InChI is InChI=1S/C15H20N4/c1-4-6-13-18-14(15(16)19(13)9-5-2)12-8-7-11(3)17-10-12/h5,7-8,10H,2,4,6,9,16H2,1,3H3. The van der Waals surface area contributed by atoms with Crippen LogP contribution in [0.25, 0.3) is 11.3 Å². The van der Waals surface area contributed by atoms with E-state index in [0.29, 0.717) is 12.4 Å². The Hall–Kier alpha value is -2.10. The molecule has 0 atom stereocenters. The molecule has 2 aromatic heterocycles. The molecule has 0 saturated carbocycles. The first-order chi connectivity index (χ1) is 9.17. The second-order valence-electron chi connectivity index (χ2n) is 4.60. The van der Waals surface area contributed by atoms with Gasteiger partial charge in [0.1, 0.15) is 17.3 Å². The highest BCUT2D eigenvalue weighted by Gasteiger charge is 2.14. The molecule has 0 aliphatic heterocycles. The van der Waals surface area contributed by atoms with Gasteiger partial charge in [0.2, 0.25) is 0 Å². The Morgan fingerprint density at radius 2 is 2.21 bits per heavy atom. The summed E-state index contributed by atoms with van der Waals surface area (Å²) in [7, 11) is 0. The van der Waals surface area contributed by atoms with Crippen molar-refractivity contribution in [3.63, 3.8) is 0 Å². The Bertz CT molecular complexity index is 567. The number of aromatic nitrogens is 3. The maximum absolute atomic E-state index is 6.22. The van der Waals surface area contributed by atoms with Crippen LogP contribution >= 0.6 is 0 Å². The van der Waals surface area contributed by atoms with E-state index in [-0.39, 0.29) is 0 Å². The molecule has 2 aromatic rings. The second-order valence-corrected chi connectivity index (χ2v) is 4.60. The molecule has 0 saturated heterocycles. The number of nitrogens with zero attached hydrogens (tertiary/aromatic N) is 3. The Morgan fingerprint density at radius 3 is 2.79 bits per heavy atom. The molecule has 4 heteroatoms. The number of pyridine rings is 1. The predicted molar refractivity (Wildman–Crippen MR) is 78.8 cm³/mol. The van der Waals surface area contributed by atoms with Crippen LogP contribution < -0.4 is 5.73 Å². The molecule has 0 bridgehead atoms. The number of hydrogen-bond donors (Lipinski definition) is 1. The molecule has 19 heavy (non-hydrogen) atoms. The monoisotopic (exact) mass is 256 g/mol. The molecular formula is C15H20N4. The topological polar surface area (TPSA) is 56.7 Å². The Morgan fingerprint density at radius 1 is 1.42 bits per heavy atom. The molecule has 2 N–H and O–H groups in total. The highest BCUT2D eigenvalue weighted by molar-refractivity contribution is 5.70. The zero-order chi connectivity index (χ0) is 13.8. The molecule has 0 radical (unpaired) electrons. The fourth-order valence-electron chi connectivity index (χ4n) is 2.08. The van der Waals surface area contributed by atoms with Crippen molar-refractivity contribution in [3.8, 4) is 11.3 Å². The van der Waals surface area contributed by atoms with E-state index in [1.807, 2.05) is 35.9 Å². The van der Waals surface area contributed by atoms with Gasteiger partial charge in [0.25, 0.3) is 0 Å². The van der Waals surface area contributed by atoms with Crippen molar-refractivity contribution in [1.82, 2.24) is 14.5 Å². The van der Waals surface area contributed by atoms with Crippen LogP contribution in [-0.2, 0) is 13.0 Å². The Kier molecular flexibility index (Phi) is 4.00. The summed E-state index contributed by atoms with van der Waals surface area (Å²) in [4.78, 5) is 8.97. The van der Waals surface area contributed by atoms with Gasteiger partial charge in [-0.2, -0.15) is 0 Å². The summed E-state index contributed by atoms with van der Waals surface area (Å²) < 4.78 is 2.02. The van der Waals surface area contributed by atoms with Crippen LogP contribution in [0.4, 0.5) is 5.82 Å². The van der Waals surface area contributed by atoms with Crippen LogP contribution in [0.3, 0.4) is 0 Å². The van der Waals surface area contributed by atoms with Crippen molar-refractivity contribution in [2.75, 3.05) is 5.73 Å². The lowest BCUT2D eigenvalue weighted by molar-refractivity contribution is 0.724. The lowest BCUT2D eigenvalue weighted by atomic mass is 10.2. The van der Waals surface area contributed by atoms with Crippen LogP contribution in [0.2, 0.25) is 0 Å². The summed E-state index contributed by atoms with van der Waals surface area (Å²) in [5.41, 5.74) is 8.98. The first kappa shape index (κ1) is 13.3. The molecule has 2 heterocycles. The lowest BCUT2D eigenvalue weighted by Gasteiger charge is -2.05. The van der Waals surface area contributed by atoms with Gasteiger partial charge >= 0.3 is 0 Å². The van der Waals surface area contributed by atoms with Gasteiger partial charge in [0.05, 0.1) is 0 Å². The fraction of sp³-hybridized carbons (Fsp3) is 0.333. The third-order valence-electron chi connectivity index (χ3n) is 3.06. The number of anilines is 1. The molecule has 0 amide bonds. The van der Waals surface area contributed by atoms with Gasteiger partial charge in [-0.15, -0.1) is 6.58 Å². The Labute approximate surface area is 114 Å². The molecule has 0 unspecified atom stereocenters. The maximum atomic E-state index is 6.22. The summed E-state index contributed by atoms with van der Waals surface area (Å²) >= 11 is 0. The summed E-state index contributed by atoms with van der Waals surface area (Å²) in [6.07, 6.45) is 5.62. The highest BCUT2D eigenvalue weighted by atomic mass is 15.1. The lowest BCUT2D eigenvalue weighted by Crippen LogP contribution is -2.05. The SMILES string of the molecule is C=CCn1c(CCC)nc(-c2ccc(C)nc2)c1N. The molecule has 0 spiro atoms. The van der Waals surface area contributed by atoms with Crippen molar-refractivity contribution in [2.24, 2.45) is 0 Å². The summed E-state index contributed by atoms with van der Waals surface area (Å²) in [6, 6.07) is 3.98. The van der Waals surface area contributed by atoms with Gasteiger partial charge in [-0.1, -0.05) is 13.0 Å². The van der Waals surface area contributed by atoms with Gasteiger partial charge in [-0.25, -0.2) is 4.98 Å². The number of allylic oxidation sites excluding steroid dienone is 1. The minimum Gasteiger partial charge on any atom is -0.383 e. The summed E-state index contributed by atoms with van der Waals surface area (Å²) in [5, 5.41) is 0. The number of imidazole rings is 1. The fourth-order valence-corrected chi connectivity index (χ4v) is 2.08. The van der Waals surface area contributed by atoms with E-state index in [2.05, 4.69) is 23.5 Å². The largest absolute Gasteiger partial charge is 0.383 e. The molecule has 0 aliphatic rings. The van der Waals surface area contributed by atoms with Crippen LogP contribution in [-0.4, -0.2) is 14.5 Å². The molecule has 100 valence electrons. The minimum absolute atomic E-state index is 0.688. The van der Waals surface area contributed by atoms with Crippen molar-refractivity contribution in [2.45, 2.75) is 33.2 Å². The van der Waals surface area contributed by atoms with E-state index in [9.17, 15) is 0 Å². The van der Waals surface area contributed by atoms with Gasteiger partial charge in [-0.05, 0) is 25.5 Å². The average Bonchev–Trinajstić information content (AvgIpc) is 2.70. The van der Waals surface area contributed by atoms with Gasteiger partial charge < -0.3 is 10.3 Å². The average molecular weight is 256 g/mol. The smallest absolute Gasteiger partial charge is 0.132 e. The van der Waals surface area contributed by atoms with Crippen LogP contribution in [0.1, 0.15) is 24.9 Å². The van der Waals surface area contributed by atoms with Crippen molar-refractivity contribution in [3.05, 3.63) is 42.5 Å². The second kappa shape index (κ2) is 5.69. The van der Waals surface area contributed by atoms with E-state index in [1.165, 1.54) is 0 Å². The van der Waals surface area contributed by atoms with Crippen molar-refractivity contribution >= 4 is 5.82 Å². The molecule has 4 nitrogen and oxygen atoms in total. The van der Waals surface area contributed by atoms with Gasteiger partial charge in [-0.3, -0.25) is 4.98 Å². The van der Waals surface area contributed by atoms with Crippen molar-refractivity contribution < 1.29 is 0 Å². The molecule has 0 aliphatic carbocycles. The first-order valence-electron chi connectivity index (χ1n) is 6.56. The highest BCUT2D eigenvalue weighted by Crippen LogP contribution is 2.26. The number of nitrogen functional groups attached to an aromatic ring is 1. The van der Waals surface area contributed by atoms with Crippen LogP contribution in [0.15, 0.2) is 31.0 Å². The molecule has 0 aromatic carbocycles. The van der Waals surface area contributed by atoms with E-state index < -0.39 is 0 Å². The number of hydrogen-bond acceptors (Lipinski definition) is 3. The predicted octanol–water partition coefficient (Wildman–Crippen LogP) is 2.97. The summed E-state index contributed by atoms with van der Waals surface area (Å²) in [5.74, 6) is 1.70. The Balaban J connectivity index is 2.48. The third kappa shape index (κ3) is 2.67. The molecular weight excluding hydrogens is 236 g/mol.